The highest BCUT2D eigenvalue weighted by Gasteiger charge is 2.25. The van der Waals surface area contributed by atoms with Crippen LogP contribution in [0.1, 0.15) is 19.8 Å². The van der Waals surface area contributed by atoms with Crippen molar-refractivity contribution in [2.24, 2.45) is 5.92 Å². The predicted molar refractivity (Wildman–Crippen MR) is 83.7 cm³/mol. The second-order valence-electron chi connectivity index (χ2n) is 4.79. The van der Waals surface area contributed by atoms with Crippen LogP contribution in [0.2, 0.25) is 0 Å². The Bertz CT molecular complexity index is 385. The van der Waals surface area contributed by atoms with Crippen LogP contribution in [-0.2, 0) is 4.74 Å². The molecule has 0 bridgehead atoms. The number of hydrogen-bond donors (Lipinski definition) is 1. The Labute approximate surface area is 128 Å². The molecule has 2 unspecified atom stereocenters. The SMILES string of the molecule is CCCNC(CSc1ncccc1Br)C1CCOC1. The Morgan fingerprint density at radius 1 is 1.63 bits per heavy atom. The average molecular weight is 345 g/mol. The van der Waals surface area contributed by atoms with Gasteiger partial charge in [0.05, 0.1) is 6.61 Å². The van der Waals surface area contributed by atoms with E-state index in [1.54, 1.807) is 0 Å². The lowest BCUT2D eigenvalue weighted by atomic mass is 10.0. The maximum Gasteiger partial charge on any atom is 0.110 e. The van der Waals surface area contributed by atoms with Crippen LogP contribution in [-0.4, -0.2) is 36.5 Å². The highest BCUT2D eigenvalue weighted by molar-refractivity contribution is 9.10. The number of pyridine rings is 1. The highest BCUT2D eigenvalue weighted by Crippen LogP contribution is 2.28. The summed E-state index contributed by atoms with van der Waals surface area (Å²) in [5.41, 5.74) is 0. The van der Waals surface area contributed by atoms with Crippen LogP contribution >= 0.6 is 27.7 Å². The number of nitrogens with one attached hydrogen (secondary N) is 1. The highest BCUT2D eigenvalue weighted by atomic mass is 79.9. The largest absolute Gasteiger partial charge is 0.381 e. The normalized spacial score (nSPS) is 20.6. The van der Waals surface area contributed by atoms with Crippen molar-refractivity contribution in [2.45, 2.75) is 30.8 Å². The van der Waals surface area contributed by atoms with E-state index in [1.165, 1.54) is 12.8 Å². The van der Waals surface area contributed by atoms with Gasteiger partial charge in [-0.05, 0) is 47.4 Å². The van der Waals surface area contributed by atoms with Gasteiger partial charge in [0.25, 0.3) is 0 Å². The summed E-state index contributed by atoms with van der Waals surface area (Å²) in [6.45, 7) is 5.08. The van der Waals surface area contributed by atoms with Crippen molar-refractivity contribution >= 4 is 27.7 Å². The number of rotatable bonds is 7. The van der Waals surface area contributed by atoms with Crippen LogP contribution in [0.15, 0.2) is 27.8 Å². The Hall–Kier alpha value is -0.100. The van der Waals surface area contributed by atoms with Gasteiger partial charge >= 0.3 is 0 Å². The molecule has 1 fully saturated rings. The third kappa shape index (κ3) is 4.74. The number of halogens is 1. The molecule has 0 aliphatic carbocycles. The summed E-state index contributed by atoms with van der Waals surface area (Å²) >= 11 is 5.37. The summed E-state index contributed by atoms with van der Waals surface area (Å²) in [7, 11) is 0. The molecule has 19 heavy (non-hydrogen) atoms. The monoisotopic (exact) mass is 344 g/mol. The van der Waals surface area contributed by atoms with Crippen LogP contribution in [0.5, 0.6) is 0 Å². The lowest BCUT2D eigenvalue weighted by Gasteiger charge is -2.23. The van der Waals surface area contributed by atoms with Gasteiger partial charge in [-0.15, -0.1) is 11.8 Å². The standard InChI is InChI=1S/C14H21BrN2OS/c1-2-6-16-13(11-5-8-18-9-11)10-19-14-12(15)4-3-7-17-14/h3-4,7,11,13,16H,2,5-6,8-10H2,1H3. The quantitative estimate of drug-likeness (QED) is 0.769. The summed E-state index contributed by atoms with van der Waals surface area (Å²) in [4.78, 5) is 4.41. The van der Waals surface area contributed by atoms with Crippen LogP contribution in [0.4, 0.5) is 0 Å². The first-order valence-corrected chi connectivity index (χ1v) is 8.63. The summed E-state index contributed by atoms with van der Waals surface area (Å²) < 4.78 is 6.60. The molecule has 2 atom stereocenters. The molecule has 0 radical (unpaired) electrons. The van der Waals surface area contributed by atoms with Gasteiger partial charge in [-0.25, -0.2) is 4.98 Å². The van der Waals surface area contributed by atoms with Gasteiger partial charge in [0.15, 0.2) is 0 Å². The Balaban J connectivity index is 1.90. The van der Waals surface area contributed by atoms with Gasteiger partial charge < -0.3 is 10.1 Å². The molecule has 1 N–H and O–H groups in total. The zero-order valence-electron chi connectivity index (χ0n) is 11.3. The van der Waals surface area contributed by atoms with Crippen LogP contribution < -0.4 is 5.32 Å². The second kappa shape index (κ2) is 8.25. The summed E-state index contributed by atoms with van der Waals surface area (Å²) in [6.07, 6.45) is 4.19. The van der Waals surface area contributed by atoms with Gasteiger partial charge in [0, 0.05) is 35.0 Å². The van der Waals surface area contributed by atoms with Gasteiger partial charge in [0.1, 0.15) is 5.03 Å². The number of thioether (sulfide) groups is 1. The lowest BCUT2D eigenvalue weighted by molar-refractivity contribution is 0.179. The zero-order valence-corrected chi connectivity index (χ0v) is 13.7. The molecule has 1 aliphatic heterocycles. The molecule has 0 amide bonds. The zero-order chi connectivity index (χ0) is 13.5. The van der Waals surface area contributed by atoms with E-state index in [0.717, 1.165) is 35.0 Å². The predicted octanol–water partition coefficient (Wildman–Crippen LogP) is 3.34. The smallest absolute Gasteiger partial charge is 0.110 e. The van der Waals surface area contributed by atoms with E-state index in [1.807, 2.05) is 30.1 Å². The molecule has 1 saturated heterocycles. The van der Waals surface area contributed by atoms with Crippen molar-refractivity contribution in [1.82, 2.24) is 10.3 Å². The maximum atomic E-state index is 5.52. The first kappa shape index (κ1) is 15.3. The van der Waals surface area contributed by atoms with E-state index in [2.05, 4.69) is 33.2 Å². The number of nitrogens with zero attached hydrogens (tertiary/aromatic N) is 1. The molecular weight excluding hydrogens is 324 g/mol. The van der Waals surface area contributed by atoms with Gasteiger partial charge in [-0.2, -0.15) is 0 Å². The van der Waals surface area contributed by atoms with E-state index in [9.17, 15) is 0 Å². The van der Waals surface area contributed by atoms with Crippen molar-refractivity contribution in [1.29, 1.82) is 0 Å². The van der Waals surface area contributed by atoms with Crippen LogP contribution in [0, 0.1) is 5.92 Å². The first-order chi connectivity index (χ1) is 9.31. The van der Waals surface area contributed by atoms with Gasteiger partial charge in [-0.1, -0.05) is 6.92 Å². The fourth-order valence-corrected chi connectivity index (χ4v) is 3.87. The Morgan fingerprint density at radius 2 is 2.53 bits per heavy atom. The van der Waals surface area contributed by atoms with E-state index in [0.29, 0.717) is 12.0 Å². The first-order valence-electron chi connectivity index (χ1n) is 6.85. The molecular formula is C14H21BrN2OS. The fraction of sp³-hybridized carbons (Fsp3) is 0.643. The molecule has 0 saturated carbocycles. The van der Waals surface area contributed by atoms with Gasteiger partial charge in [0.2, 0.25) is 0 Å². The van der Waals surface area contributed by atoms with Crippen LogP contribution in [0.3, 0.4) is 0 Å². The van der Waals surface area contributed by atoms with Crippen molar-refractivity contribution < 1.29 is 4.74 Å². The average Bonchev–Trinajstić information content (AvgIpc) is 2.94. The minimum atomic E-state index is 0.515. The molecule has 0 aromatic carbocycles. The third-order valence-electron chi connectivity index (χ3n) is 3.31. The second-order valence-corrected chi connectivity index (χ2v) is 6.65. The molecule has 1 aromatic rings. The van der Waals surface area contributed by atoms with Crippen molar-refractivity contribution in [3.63, 3.8) is 0 Å². The lowest BCUT2D eigenvalue weighted by Crippen LogP contribution is -2.39. The van der Waals surface area contributed by atoms with Gasteiger partial charge in [-0.3, -0.25) is 0 Å². The molecule has 3 nitrogen and oxygen atoms in total. The van der Waals surface area contributed by atoms with Crippen LogP contribution in [0.25, 0.3) is 0 Å². The minimum Gasteiger partial charge on any atom is -0.381 e. The van der Waals surface area contributed by atoms with Crippen molar-refractivity contribution in [3.8, 4) is 0 Å². The van der Waals surface area contributed by atoms with Crippen molar-refractivity contribution in [2.75, 3.05) is 25.5 Å². The van der Waals surface area contributed by atoms with E-state index in [4.69, 9.17) is 4.74 Å². The van der Waals surface area contributed by atoms with E-state index < -0.39 is 0 Å². The van der Waals surface area contributed by atoms with E-state index >= 15 is 0 Å². The molecule has 1 aliphatic rings. The third-order valence-corrected chi connectivity index (χ3v) is 5.34. The fourth-order valence-electron chi connectivity index (χ4n) is 2.21. The summed E-state index contributed by atoms with van der Waals surface area (Å²) in [6, 6.07) is 4.51. The minimum absolute atomic E-state index is 0.515. The number of hydrogen-bond acceptors (Lipinski definition) is 4. The Kier molecular flexibility index (Phi) is 6.64. The molecule has 5 heteroatoms. The molecule has 1 aromatic heterocycles. The number of aromatic nitrogens is 1. The molecule has 0 spiro atoms. The Morgan fingerprint density at radius 3 is 3.21 bits per heavy atom. The summed E-state index contributed by atoms with van der Waals surface area (Å²) in [5.74, 6) is 1.69. The topological polar surface area (TPSA) is 34.2 Å². The molecule has 2 heterocycles. The molecule has 106 valence electrons. The number of ether oxygens (including phenoxy) is 1. The molecule has 2 rings (SSSR count). The van der Waals surface area contributed by atoms with Crippen molar-refractivity contribution in [3.05, 3.63) is 22.8 Å². The van der Waals surface area contributed by atoms with E-state index in [-0.39, 0.29) is 0 Å². The maximum absolute atomic E-state index is 5.52. The summed E-state index contributed by atoms with van der Waals surface area (Å²) in [5, 5.41) is 4.73.